The van der Waals surface area contributed by atoms with E-state index in [4.69, 9.17) is 9.47 Å². The molecule has 204 valence electrons. The van der Waals surface area contributed by atoms with Gasteiger partial charge in [-0.3, -0.25) is 10.1 Å². The highest BCUT2D eigenvalue weighted by Crippen LogP contribution is 2.40. The fourth-order valence-electron chi connectivity index (χ4n) is 3.96. The Morgan fingerprint density at radius 3 is 2.59 bits per heavy atom. The Hall–Kier alpha value is -4.23. The molecule has 39 heavy (non-hydrogen) atoms. The van der Waals surface area contributed by atoms with E-state index < -0.39 is 17.6 Å². The molecule has 1 aliphatic carbocycles. The molecule has 3 aromatic rings. The molecule has 0 spiro atoms. The quantitative estimate of drug-likeness (QED) is 0.317. The molecule has 1 aliphatic heterocycles. The van der Waals surface area contributed by atoms with Crippen LogP contribution in [0.15, 0.2) is 37.1 Å². The van der Waals surface area contributed by atoms with Crippen molar-refractivity contribution >= 4 is 29.2 Å². The molecule has 5 rings (SSSR count). The average Bonchev–Trinajstić information content (AvgIpc) is 3.62. The van der Waals surface area contributed by atoms with Gasteiger partial charge in [0.05, 0.1) is 53.1 Å². The van der Waals surface area contributed by atoms with Gasteiger partial charge in [0, 0.05) is 19.1 Å². The zero-order chi connectivity index (χ0) is 27.4. The van der Waals surface area contributed by atoms with Gasteiger partial charge in [0.25, 0.3) is 11.8 Å². The number of nitrogens with zero attached hydrogens (tertiary/aromatic N) is 5. The normalized spacial score (nSPS) is 16.9. The van der Waals surface area contributed by atoms with Crippen molar-refractivity contribution in [3.63, 3.8) is 0 Å². The molecule has 3 aromatic heterocycles. The maximum atomic E-state index is 13.0. The summed E-state index contributed by atoms with van der Waals surface area (Å²) in [6.07, 6.45) is 8.68. The minimum Gasteiger partial charge on any atom is -0.389 e. The van der Waals surface area contributed by atoms with Crippen molar-refractivity contribution in [3.8, 4) is 5.88 Å². The van der Waals surface area contributed by atoms with Crippen LogP contribution in [0.25, 0.3) is 0 Å². The van der Waals surface area contributed by atoms with Crippen molar-refractivity contribution in [2.24, 2.45) is 0 Å². The molecule has 0 radical (unpaired) electrons. The summed E-state index contributed by atoms with van der Waals surface area (Å²) in [4.78, 5) is 47.4. The zero-order valence-corrected chi connectivity index (χ0v) is 21.7. The number of carbonyl (C=O) groups is 2. The number of anilines is 3. The van der Waals surface area contributed by atoms with E-state index in [0.29, 0.717) is 18.0 Å². The van der Waals surface area contributed by atoms with Gasteiger partial charge in [-0.25, -0.2) is 29.7 Å². The fourth-order valence-corrected chi connectivity index (χ4v) is 3.96. The van der Waals surface area contributed by atoms with Gasteiger partial charge in [0.15, 0.2) is 11.5 Å². The molecule has 1 atom stereocenters. The van der Waals surface area contributed by atoms with Gasteiger partial charge in [-0.15, -0.1) is 0 Å². The minimum absolute atomic E-state index is 0.0106. The third-order valence-corrected chi connectivity index (χ3v) is 6.08. The highest BCUT2D eigenvalue weighted by Gasteiger charge is 2.28. The number of hydrogen-bond donors (Lipinski definition) is 4. The van der Waals surface area contributed by atoms with Gasteiger partial charge in [-0.1, -0.05) is 0 Å². The SMILES string of the molecule is CC(C)(O)CNC(=O)c1nc(C2CCCO2)ccc1NC(=O)Oc1nc(C2CC2)cnc1Nc1cncnc1. The van der Waals surface area contributed by atoms with Gasteiger partial charge >= 0.3 is 6.09 Å². The van der Waals surface area contributed by atoms with E-state index in [0.717, 1.165) is 31.4 Å². The highest BCUT2D eigenvalue weighted by atomic mass is 16.6. The Morgan fingerprint density at radius 1 is 1.10 bits per heavy atom. The first-order valence-electron chi connectivity index (χ1n) is 12.8. The Morgan fingerprint density at radius 2 is 1.90 bits per heavy atom. The second-order valence-electron chi connectivity index (χ2n) is 10.1. The van der Waals surface area contributed by atoms with Crippen molar-refractivity contribution in [3.05, 3.63) is 54.1 Å². The largest absolute Gasteiger partial charge is 0.418 e. The molecule has 0 bridgehead atoms. The molecule has 1 saturated carbocycles. The second kappa shape index (κ2) is 11.3. The van der Waals surface area contributed by atoms with Gasteiger partial charge in [-0.2, -0.15) is 0 Å². The predicted octanol–water partition coefficient (Wildman–Crippen LogP) is 3.25. The van der Waals surface area contributed by atoms with Crippen LogP contribution < -0.4 is 20.7 Å². The van der Waals surface area contributed by atoms with E-state index >= 15 is 0 Å². The lowest BCUT2D eigenvalue weighted by molar-refractivity contribution is 0.0691. The Balaban J connectivity index is 1.37. The van der Waals surface area contributed by atoms with Crippen LogP contribution in [0.5, 0.6) is 5.88 Å². The third-order valence-electron chi connectivity index (χ3n) is 6.08. The van der Waals surface area contributed by atoms with Crippen molar-refractivity contribution in [2.75, 3.05) is 23.8 Å². The van der Waals surface area contributed by atoms with Crippen LogP contribution >= 0.6 is 0 Å². The molecular weight excluding hydrogens is 504 g/mol. The van der Waals surface area contributed by atoms with Crippen LogP contribution in [0.3, 0.4) is 0 Å². The molecule has 13 heteroatoms. The Labute approximate surface area is 224 Å². The first-order chi connectivity index (χ1) is 18.7. The number of carbonyl (C=O) groups excluding carboxylic acids is 2. The summed E-state index contributed by atoms with van der Waals surface area (Å²) in [5.41, 5.74) is 0.818. The standard InChI is InChI=1S/C26H30N8O5/c1-26(2,37)13-30-23(35)21-18(8-7-17(32-21)20-4-3-9-38-20)34-25(36)39-24-22(31-16-10-27-14-28-11-16)29-12-19(33-24)15-5-6-15/h7-8,10-12,14-15,20,37H,3-6,9,13H2,1-2H3,(H,29,31)(H,30,35)(H,34,36). The molecular formula is C26H30N8O5. The summed E-state index contributed by atoms with van der Waals surface area (Å²) in [7, 11) is 0. The summed E-state index contributed by atoms with van der Waals surface area (Å²) < 4.78 is 11.3. The fraction of sp³-hybridized carbons (Fsp3) is 0.423. The number of aliphatic hydroxyl groups is 1. The van der Waals surface area contributed by atoms with Crippen LogP contribution in [-0.2, 0) is 4.74 Å². The van der Waals surface area contributed by atoms with E-state index in [1.165, 1.54) is 6.33 Å². The Kier molecular flexibility index (Phi) is 7.61. The maximum absolute atomic E-state index is 13.0. The second-order valence-corrected chi connectivity index (χ2v) is 10.1. The van der Waals surface area contributed by atoms with Crippen LogP contribution in [0.4, 0.5) is 22.0 Å². The lowest BCUT2D eigenvalue weighted by atomic mass is 10.1. The number of aromatic nitrogens is 5. The molecule has 2 fully saturated rings. The van der Waals surface area contributed by atoms with Crippen molar-refractivity contribution in [1.82, 2.24) is 30.2 Å². The number of hydrogen-bond acceptors (Lipinski definition) is 11. The summed E-state index contributed by atoms with van der Waals surface area (Å²) in [6.45, 7) is 3.75. The van der Waals surface area contributed by atoms with Gasteiger partial charge < -0.3 is 25.2 Å². The maximum Gasteiger partial charge on any atom is 0.418 e. The van der Waals surface area contributed by atoms with E-state index in [1.54, 1.807) is 44.6 Å². The summed E-state index contributed by atoms with van der Waals surface area (Å²) in [5, 5.41) is 18.3. The smallest absolute Gasteiger partial charge is 0.389 e. The monoisotopic (exact) mass is 534 g/mol. The number of nitrogens with one attached hydrogen (secondary N) is 3. The number of amides is 2. The first kappa shape index (κ1) is 26.4. The van der Waals surface area contributed by atoms with Gasteiger partial charge in [0.2, 0.25) is 0 Å². The van der Waals surface area contributed by atoms with Crippen LogP contribution in [-0.4, -0.2) is 60.8 Å². The zero-order valence-electron chi connectivity index (χ0n) is 21.7. The van der Waals surface area contributed by atoms with E-state index in [2.05, 4.69) is 40.9 Å². The lowest BCUT2D eigenvalue weighted by Crippen LogP contribution is -2.39. The van der Waals surface area contributed by atoms with Crippen molar-refractivity contribution in [1.29, 1.82) is 0 Å². The van der Waals surface area contributed by atoms with E-state index in [9.17, 15) is 14.7 Å². The molecule has 4 heterocycles. The van der Waals surface area contributed by atoms with Crippen molar-refractivity contribution < 1.29 is 24.2 Å². The van der Waals surface area contributed by atoms with Crippen molar-refractivity contribution in [2.45, 2.75) is 57.2 Å². The lowest BCUT2D eigenvalue weighted by Gasteiger charge is -2.19. The molecule has 13 nitrogen and oxygen atoms in total. The topological polar surface area (TPSA) is 173 Å². The van der Waals surface area contributed by atoms with E-state index in [1.807, 2.05) is 0 Å². The van der Waals surface area contributed by atoms with Crippen LogP contribution in [0.2, 0.25) is 0 Å². The number of rotatable bonds is 9. The summed E-state index contributed by atoms with van der Waals surface area (Å²) in [5.74, 6) is -0.107. The molecule has 4 N–H and O–H groups in total. The first-order valence-corrected chi connectivity index (χ1v) is 12.8. The summed E-state index contributed by atoms with van der Waals surface area (Å²) in [6, 6.07) is 3.28. The number of pyridine rings is 1. The average molecular weight is 535 g/mol. The molecule has 2 aliphatic rings. The van der Waals surface area contributed by atoms with E-state index in [-0.39, 0.29) is 41.6 Å². The van der Waals surface area contributed by atoms with Crippen LogP contribution in [0.1, 0.15) is 73.4 Å². The summed E-state index contributed by atoms with van der Waals surface area (Å²) >= 11 is 0. The highest BCUT2D eigenvalue weighted by molar-refractivity contribution is 6.01. The number of ether oxygens (including phenoxy) is 2. The molecule has 1 unspecified atom stereocenters. The van der Waals surface area contributed by atoms with Gasteiger partial charge in [-0.05, 0) is 51.7 Å². The van der Waals surface area contributed by atoms with Gasteiger partial charge in [0.1, 0.15) is 6.33 Å². The Bertz CT molecular complexity index is 1340. The third kappa shape index (κ3) is 7.00. The molecule has 1 saturated heterocycles. The predicted molar refractivity (Wildman–Crippen MR) is 140 cm³/mol. The van der Waals surface area contributed by atoms with Crippen LogP contribution in [0, 0.1) is 0 Å². The molecule has 0 aromatic carbocycles. The minimum atomic E-state index is -1.13. The molecule has 2 amide bonds.